The number of morpholine rings is 1. The average molecular weight is 242 g/mol. The summed E-state index contributed by atoms with van der Waals surface area (Å²) in [5, 5.41) is 3.54. The van der Waals surface area contributed by atoms with Crippen LogP contribution in [0.2, 0.25) is 0 Å². The molecule has 1 aliphatic heterocycles. The number of nitrogens with one attached hydrogen (secondary N) is 1. The fourth-order valence-electron chi connectivity index (χ4n) is 2.46. The Morgan fingerprint density at radius 3 is 2.41 bits per heavy atom. The minimum atomic E-state index is 0.389. The lowest BCUT2D eigenvalue weighted by molar-refractivity contribution is -0.0674. The molecule has 2 atom stereocenters. The topological polar surface area (TPSA) is 24.5 Å². The first-order valence-corrected chi connectivity index (χ1v) is 7.16. The maximum Gasteiger partial charge on any atom is 0.0678 e. The molecule has 0 aromatic carbocycles. The highest BCUT2D eigenvalue weighted by molar-refractivity contribution is 4.73. The van der Waals surface area contributed by atoms with E-state index in [0.29, 0.717) is 12.2 Å². The zero-order valence-corrected chi connectivity index (χ0v) is 12.0. The van der Waals surface area contributed by atoms with E-state index in [4.69, 9.17) is 4.74 Å². The zero-order chi connectivity index (χ0) is 12.7. The Morgan fingerprint density at radius 1 is 1.18 bits per heavy atom. The molecular weight excluding hydrogens is 212 g/mol. The lowest BCUT2D eigenvalue weighted by atomic mass is 10.1. The van der Waals surface area contributed by atoms with Gasteiger partial charge in [0.15, 0.2) is 0 Å². The molecule has 0 aromatic rings. The van der Waals surface area contributed by atoms with E-state index in [1.165, 1.54) is 12.8 Å². The molecule has 0 amide bonds. The third-order valence-corrected chi connectivity index (χ3v) is 3.24. The lowest BCUT2D eigenvalue weighted by Gasteiger charge is -2.35. The summed E-state index contributed by atoms with van der Waals surface area (Å²) in [6.07, 6.45) is 3.41. The molecule has 1 rings (SSSR count). The summed E-state index contributed by atoms with van der Waals surface area (Å²) >= 11 is 0. The van der Waals surface area contributed by atoms with E-state index in [-0.39, 0.29) is 0 Å². The highest BCUT2D eigenvalue weighted by Crippen LogP contribution is 2.09. The van der Waals surface area contributed by atoms with Gasteiger partial charge in [0, 0.05) is 26.2 Å². The van der Waals surface area contributed by atoms with Crippen molar-refractivity contribution in [1.29, 1.82) is 0 Å². The van der Waals surface area contributed by atoms with Gasteiger partial charge in [-0.1, -0.05) is 13.8 Å². The summed E-state index contributed by atoms with van der Waals surface area (Å²) in [6, 6.07) is 0. The summed E-state index contributed by atoms with van der Waals surface area (Å²) in [5.74, 6) is 0.831. The van der Waals surface area contributed by atoms with Crippen molar-refractivity contribution in [2.24, 2.45) is 5.92 Å². The Kier molecular flexibility index (Phi) is 7.09. The summed E-state index contributed by atoms with van der Waals surface area (Å²) in [7, 11) is 0. The summed E-state index contributed by atoms with van der Waals surface area (Å²) < 4.78 is 5.73. The van der Waals surface area contributed by atoms with Crippen LogP contribution in [0.25, 0.3) is 0 Å². The van der Waals surface area contributed by atoms with Crippen molar-refractivity contribution in [3.8, 4) is 0 Å². The summed E-state index contributed by atoms with van der Waals surface area (Å²) in [4.78, 5) is 2.51. The first kappa shape index (κ1) is 14.9. The van der Waals surface area contributed by atoms with E-state index >= 15 is 0 Å². The fourth-order valence-corrected chi connectivity index (χ4v) is 2.46. The fraction of sp³-hybridized carbons (Fsp3) is 1.00. The molecule has 0 bridgehead atoms. The first-order chi connectivity index (χ1) is 8.08. The van der Waals surface area contributed by atoms with Crippen molar-refractivity contribution in [3.05, 3.63) is 0 Å². The van der Waals surface area contributed by atoms with Gasteiger partial charge in [-0.2, -0.15) is 0 Å². The maximum absolute atomic E-state index is 5.73. The van der Waals surface area contributed by atoms with Crippen LogP contribution in [0.1, 0.15) is 40.5 Å². The molecule has 1 saturated heterocycles. The Bertz CT molecular complexity index is 187. The molecule has 102 valence electrons. The van der Waals surface area contributed by atoms with Gasteiger partial charge in [-0.25, -0.2) is 0 Å². The Balaban J connectivity index is 1.98. The van der Waals surface area contributed by atoms with Crippen molar-refractivity contribution in [2.75, 3.05) is 32.7 Å². The molecule has 17 heavy (non-hydrogen) atoms. The SMILES string of the molecule is CC(C)CCCNCCN1CC(C)OC(C)C1. The maximum atomic E-state index is 5.73. The molecule has 0 aromatic heterocycles. The Hall–Kier alpha value is -0.120. The van der Waals surface area contributed by atoms with Gasteiger partial charge in [-0.15, -0.1) is 0 Å². The van der Waals surface area contributed by atoms with E-state index in [2.05, 4.69) is 37.9 Å². The molecule has 3 heteroatoms. The molecular formula is C14H30N2O. The van der Waals surface area contributed by atoms with E-state index in [9.17, 15) is 0 Å². The molecule has 1 N–H and O–H groups in total. The third kappa shape index (κ3) is 7.02. The van der Waals surface area contributed by atoms with Gasteiger partial charge in [0.1, 0.15) is 0 Å². The molecule has 1 aliphatic rings. The standard InChI is InChI=1S/C14H30N2O/c1-12(2)6-5-7-15-8-9-16-10-13(3)17-14(4)11-16/h12-15H,5-11H2,1-4H3. The van der Waals surface area contributed by atoms with Gasteiger partial charge < -0.3 is 10.1 Å². The number of hydrogen-bond donors (Lipinski definition) is 1. The second-order valence-corrected chi connectivity index (χ2v) is 5.80. The smallest absolute Gasteiger partial charge is 0.0678 e. The molecule has 0 radical (unpaired) electrons. The number of ether oxygens (including phenoxy) is 1. The minimum Gasteiger partial charge on any atom is -0.373 e. The molecule has 1 heterocycles. The zero-order valence-electron chi connectivity index (χ0n) is 12.0. The summed E-state index contributed by atoms with van der Waals surface area (Å²) in [6.45, 7) is 14.5. The van der Waals surface area contributed by atoms with Crippen LogP contribution in [0.5, 0.6) is 0 Å². The van der Waals surface area contributed by atoms with E-state index < -0.39 is 0 Å². The van der Waals surface area contributed by atoms with Gasteiger partial charge >= 0.3 is 0 Å². The first-order valence-electron chi connectivity index (χ1n) is 7.16. The molecule has 3 nitrogen and oxygen atoms in total. The van der Waals surface area contributed by atoms with Gasteiger partial charge in [-0.05, 0) is 39.2 Å². The van der Waals surface area contributed by atoms with E-state index in [1.54, 1.807) is 0 Å². The molecule has 0 aliphatic carbocycles. The van der Waals surface area contributed by atoms with Crippen molar-refractivity contribution >= 4 is 0 Å². The van der Waals surface area contributed by atoms with Crippen LogP contribution in [0.4, 0.5) is 0 Å². The van der Waals surface area contributed by atoms with Crippen LogP contribution in [0, 0.1) is 5.92 Å². The van der Waals surface area contributed by atoms with Crippen LogP contribution in [0.3, 0.4) is 0 Å². The van der Waals surface area contributed by atoms with Gasteiger partial charge in [0.05, 0.1) is 12.2 Å². The molecule has 2 unspecified atom stereocenters. The highest BCUT2D eigenvalue weighted by Gasteiger charge is 2.21. The van der Waals surface area contributed by atoms with Gasteiger partial charge in [-0.3, -0.25) is 4.90 Å². The van der Waals surface area contributed by atoms with Gasteiger partial charge in [0.25, 0.3) is 0 Å². The predicted molar refractivity (Wildman–Crippen MR) is 73.4 cm³/mol. The third-order valence-electron chi connectivity index (χ3n) is 3.24. The van der Waals surface area contributed by atoms with E-state index in [0.717, 1.165) is 38.6 Å². The normalized spacial score (nSPS) is 26.6. The van der Waals surface area contributed by atoms with Crippen LogP contribution < -0.4 is 5.32 Å². The van der Waals surface area contributed by atoms with Gasteiger partial charge in [0.2, 0.25) is 0 Å². The average Bonchev–Trinajstić information content (AvgIpc) is 2.21. The highest BCUT2D eigenvalue weighted by atomic mass is 16.5. The lowest BCUT2D eigenvalue weighted by Crippen LogP contribution is -2.47. The van der Waals surface area contributed by atoms with Crippen LogP contribution in [-0.2, 0) is 4.74 Å². The molecule has 0 saturated carbocycles. The van der Waals surface area contributed by atoms with Crippen LogP contribution in [0.15, 0.2) is 0 Å². The van der Waals surface area contributed by atoms with Crippen molar-refractivity contribution < 1.29 is 4.74 Å². The second kappa shape index (κ2) is 8.06. The predicted octanol–water partition coefficient (Wildman–Crippen LogP) is 2.12. The number of rotatable bonds is 7. The number of nitrogens with zero attached hydrogens (tertiary/aromatic N) is 1. The summed E-state index contributed by atoms with van der Waals surface area (Å²) in [5.41, 5.74) is 0. The quantitative estimate of drug-likeness (QED) is 0.692. The van der Waals surface area contributed by atoms with Crippen molar-refractivity contribution in [1.82, 2.24) is 10.2 Å². The second-order valence-electron chi connectivity index (χ2n) is 5.80. The van der Waals surface area contributed by atoms with Crippen molar-refractivity contribution in [3.63, 3.8) is 0 Å². The number of hydrogen-bond acceptors (Lipinski definition) is 3. The Morgan fingerprint density at radius 2 is 1.82 bits per heavy atom. The van der Waals surface area contributed by atoms with E-state index in [1.807, 2.05) is 0 Å². The monoisotopic (exact) mass is 242 g/mol. The largest absolute Gasteiger partial charge is 0.373 e. The molecule has 0 spiro atoms. The van der Waals surface area contributed by atoms with Crippen LogP contribution >= 0.6 is 0 Å². The molecule has 1 fully saturated rings. The minimum absolute atomic E-state index is 0.389. The van der Waals surface area contributed by atoms with Crippen molar-refractivity contribution in [2.45, 2.75) is 52.7 Å². The van der Waals surface area contributed by atoms with Crippen LogP contribution in [-0.4, -0.2) is 49.8 Å². The Labute approximate surface area is 107 Å².